The Hall–Kier alpha value is -1.41. The first-order valence-electron chi connectivity index (χ1n) is 5.78. The van der Waals surface area contributed by atoms with E-state index in [0.717, 1.165) is 23.9 Å². The van der Waals surface area contributed by atoms with E-state index >= 15 is 0 Å². The van der Waals surface area contributed by atoms with E-state index in [1.165, 1.54) is 11.8 Å². The number of hydrogen-bond acceptors (Lipinski definition) is 7. The van der Waals surface area contributed by atoms with E-state index in [4.69, 9.17) is 10.2 Å². The van der Waals surface area contributed by atoms with Crippen molar-refractivity contribution in [1.82, 2.24) is 25.0 Å². The third-order valence-corrected chi connectivity index (χ3v) is 3.27. The Kier molecular flexibility index (Phi) is 4.32. The molecule has 0 radical (unpaired) electrons. The highest BCUT2D eigenvalue weighted by Crippen LogP contribution is 2.21. The Morgan fingerprint density at radius 1 is 1.28 bits per heavy atom. The molecule has 0 amide bonds. The Balaban J connectivity index is 2.06. The molecule has 0 aliphatic carbocycles. The molecule has 0 unspecified atom stereocenters. The number of aromatic nitrogens is 5. The summed E-state index contributed by atoms with van der Waals surface area (Å²) >= 11 is 1.53. The van der Waals surface area contributed by atoms with Crippen molar-refractivity contribution in [2.24, 2.45) is 5.73 Å². The maximum atomic E-state index is 5.63. The van der Waals surface area contributed by atoms with Crippen LogP contribution in [0.2, 0.25) is 0 Å². The number of thioether (sulfide) groups is 1. The van der Waals surface area contributed by atoms with Crippen molar-refractivity contribution in [3.8, 4) is 0 Å². The third-order valence-electron chi connectivity index (χ3n) is 2.32. The van der Waals surface area contributed by atoms with Gasteiger partial charge >= 0.3 is 0 Å². The summed E-state index contributed by atoms with van der Waals surface area (Å²) in [5.74, 6) is 2.56. The van der Waals surface area contributed by atoms with Crippen LogP contribution in [0.3, 0.4) is 0 Å². The van der Waals surface area contributed by atoms with Crippen LogP contribution in [0.5, 0.6) is 0 Å². The van der Waals surface area contributed by atoms with Crippen molar-refractivity contribution >= 4 is 11.8 Å². The molecule has 2 heterocycles. The average molecular weight is 268 g/mol. The van der Waals surface area contributed by atoms with Gasteiger partial charge in [0.05, 0.1) is 12.3 Å². The molecule has 0 aliphatic heterocycles. The van der Waals surface area contributed by atoms with Crippen molar-refractivity contribution in [3.05, 3.63) is 17.6 Å². The van der Waals surface area contributed by atoms with Crippen LogP contribution in [0.4, 0.5) is 0 Å². The summed E-state index contributed by atoms with van der Waals surface area (Å²) in [4.78, 5) is 0. The summed E-state index contributed by atoms with van der Waals surface area (Å²) in [5, 5.41) is 16.8. The lowest BCUT2D eigenvalue weighted by atomic mass is 10.4. The minimum absolute atomic E-state index is 0.396. The quantitative estimate of drug-likeness (QED) is 0.784. The topological polar surface area (TPSA) is 95.7 Å². The summed E-state index contributed by atoms with van der Waals surface area (Å²) in [6.45, 7) is 5.14. The zero-order chi connectivity index (χ0) is 13.0. The summed E-state index contributed by atoms with van der Waals surface area (Å²) in [5.41, 5.74) is 5.63. The minimum atomic E-state index is 0.396. The van der Waals surface area contributed by atoms with Crippen molar-refractivity contribution in [2.45, 2.75) is 44.3 Å². The smallest absolute Gasteiger partial charge is 0.226 e. The van der Waals surface area contributed by atoms with Crippen LogP contribution >= 0.6 is 11.8 Å². The fourth-order valence-corrected chi connectivity index (χ4v) is 2.37. The van der Waals surface area contributed by atoms with Gasteiger partial charge in [0.1, 0.15) is 5.82 Å². The molecule has 0 fully saturated rings. The predicted octanol–water partition coefficient (Wildman–Crippen LogP) is 1.13. The second-order valence-corrected chi connectivity index (χ2v) is 4.70. The Labute approximate surface area is 109 Å². The largest absolute Gasteiger partial charge is 0.425 e. The molecule has 2 aromatic rings. The summed E-state index contributed by atoms with van der Waals surface area (Å²) in [7, 11) is 0. The van der Waals surface area contributed by atoms with Gasteiger partial charge in [0.25, 0.3) is 0 Å². The lowest BCUT2D eigenvalue weighted by molar-refractivity contribution is 0.485. The molecule has 0 saturated heterocycles. The zero-order valence-electron chi connectivity index (χ0n) is 10.5. The molecule has 18 heavy (non-hydrogen) atoms. The predicted molar refractivity (Wildman–Crippen MR) is 66.8 cm³/mol. The molecule has 0 saturated carbocycles. The number of aryl methyl sites for hydroxylation is 1. The van der Waals surface area contributed by atoms with Crippen LogP contribution in [0, 0.1) is 6.92 Å². The number of hydrogen-bond donors (Lipinski definition) is 1. The van der Waals surface area contributed by atoms with Gasteiger partial charge in [-0.3, -0.25) is 0 Å². The van der Waals surface area contributed by atoms with Crippen LogP contribution < -0.4 is 5.73 Å². The van der Waals surface area contributed by atoms with Crippen molar-refractivity contribution in [1.29, 1.82) is 0 Å². The third kappa shape index (κ3) is 2.88. The summed E-state index contributed by atoms with van der Waals surface area (Å²) < 4.78 is 7.35. The highest BCUT2D eigenvalue weighted by atomic mass is 32.2. The number of nitrogens with two attached hydrogens (primary N) is 1. The molecular formula is C10H16N6OS. The maximum absolute atomic E-state index is 5.63. The first kappa shape index (κ1) is 13.0. The van der Waals surface area contributed by atoms with Gasteiger partial charge in [-0.15, -0.1) is 20.4 Å². The first-order chi connectivity index (χ1) is 8.74. The lowest BCUT2D eigenvalue weighted by Gasteiger charge is -2.06. The summed E-state index contributed by atoms with van der Waals surface area (Å²) in [6, 6.07) is 0. The van der Waals surface area contributed by atoms with Crippen LogP contribution in [0.15, 0.2) is 9.57 Å². The van der Waals surface area contributed by atoms with Crippen molar-refractivity contribution < 1.29 is 4.42 Å². The van der Waals surface area contributed by atoms with Gasteiger partial charge in [-0.25, -0.2) is 0 Å². The van der Waals surface area contributed by atoms with E-state index in [1.54, 1.807) is 6.92 Å². The molecule has 0 aromatic carbocycles. The molecule has 2 N–H and O–H groups in total. The second kappa shape index (κ2) is 5.96. The van der Waals surface area contributed by atoms with Gasteiger partial charge in [-0.05, 0) is 6.42 Å². The fraction of sp³-hybridized carbons (Fsp3) is 0.600. The zero-order valence-corrected chi connectivity index (χ0v) is 11.3. The van der Waals surface area contributed by atoms with Crippen LogP contribution in [-0.2, 0) is 18.8 Å². The van der Waals surface area contributed by atoms with E-state index in [2.05, 4.69) is 27.3 Å². The van der Waals surface area contributed by atoms with E-state index in [-0.39, 0.29) is 0 Å². The standard InChI is InChI=1S/C10H16N6OS/c1-3-4-16-8(5-11)13-15-10(16)18-6-9-14-12-7(2)17-9/h3-6,11H2,1-2H3. The van der Waals surface area contributed by atoms with E-state index < -0.39 is 0 Å². The highest BCUT2D eigenvalue weighted by Gasteiger charge is 2.12. The van der Waals surface area contributed by atoms with Crippen molar-refractivity contribution in [2.75, 3.05) is 0 Å². The Bertz CT molecular complexity index is 508. The molecule has 0 bridgehead atoms. The molecule has 8 heteroatoms. The Morgan fingerprint density at radius 3 is 2.72 bits per heavy atom. The monoisotopic (exact) mass is 268 g/mol. The lowest BCUT2D eigenvalue weighted by Crippen LogP contribution is -2.09. The van der Waals surface area contributed by atoms with Crippen LogP contribution in [0.1, 0.15) is 31.0 Å². The molecule has 7 nitrogen and oxygen atoms in total. The molecule has 0 atom stereocenters. The average Bonchev–Trinajstić information content (AvgIpc) is 2.94. The first-order valence-corrected chi connectivity index (χ1v) is 6.77. The van der Waals surface area contributed by atoms with Crippen LogP contribution in [-0.4, -0.2) is 25.0 Å². The molecule has 2 aromatic heterocycles. The van der Waals surface area contributed by atoms with Gasteiger partial charge < -0.3 is 14.7 Å². The molecule has 98 valence electrons. The SMILES string of the molecule is CCCn1c(CN)nnc1SCc1nnc(C)o1. The van der Waals surface area contributed by atoms with Gasteiger partial charge in [-0.2, -0.15) is 0 Å². The number of rotatable bonds is 6. The highest BCUT2D eigenvalue weighted by molar-refractivity contribution is 7.98. The van der Waals surface area contributed by atoms with Gasteiger partial charge in [0.15, 0.2) is 5.16 Å². The van der Waals surface area contributed by atoms with E-state index in [0.29, 0.717) is 24.1 Å². The van der Waals surface area contributed by atoms with Gasteiger partial charge in [0, 0.05) is 13.5 Å². The molecular weight excluding hydrogens is 252 g/mol. The Morgan fingerprint density at radius 2 is 2.11 bits per heavy atom. The van der Waals surface area contributed by atoms with Gasteiger partial charge in [-0.1, -0.05) is 18.7 Å². The maximum Gasteiger partial charge on any atom is 0.226 e. The van der Waals surface area contributed by atoms with Crippen molar-refractivity contribution in [3.63, 3.8) is 0 Å². The fourth-order valence-electron chi connectivity index (χ4n) is 1.55. The molecule has 0 aliphatic rings. The number of nitrogens with zero attached hydrogens (tertiary/aromatic N) is 5. The van der Waals surface area contributed by atoms with Crippen LogP contribution in [0.25, 0.3) is 0 Å². The van der Waals surface area contributed by atoms with E-state index in [1.807, 2.05) is 4.57 Å². The molecule has 0 spiro atoms. The molecule has 2 rings (SSSR count). The second-order valence-electron chi connectivity index (χ2n) is 3.76. The summed E-state index contributed by atoms with van der Waals surface area (Å²) in [6.07, 6.45) is 1.01. The van der Waals surface area contributed by atoms with E-state index in [9.17, 15) is 0 Å². The normalized spacial score (nSPS) is 11.1. The van der Waals surface area contributed by atoms with Gasteiger partial charge in [0.2, 0.25) is 11.8 Å². The minimum Gasteiger partial charge on any atom is -0.425 e.